The molecule has 0 atom stereocenters. The van der Waals surface area contributed by atoms with Gasteiger partial charge in [0.25, 0.3) is 5.91 Å². The van der Waals surface area contributed by atoms with Crippen molar-refractivity contribution in [3.8, 4) is 0 Å². The highest BCUT2D eigenvalue weighted by Gasteiger charge is 2.27. The Morgan fingerprint density at radius 2 is 1.90 bits per heavy atom. The second kappa shape index (κ2) is 6.59. The number of halogens is 2. The minimum absolute atomic E-state index is 0.0214. The molecule has 0 saturated heterocycles. The molecule has 0 aliphatic heterocycles. The molecule has 1 aliphatic carbocycles. The average Bonchev–Trinajstić information content (AvgIpc) is 2.42. The lowest BCUT2D eigenvalue weighted by atomic mass is 9.86. The monoisotopic (exact) mass is 359 g/mol. The zero-order valence-electron chi connectivity index (χ0n) is 10.7. The van der Waals surface area contributed by atoms with Crippen LogP contribution in [-0.4, -0.2) is 23.0 Å². The first-order valence-electron chi connectivity index (χ1n) is 6.46. The van der Waals surface area contributed by atoms with Crippen molar-refractivity contribution in [1.82, 2.24) is 5.32 Å². The first kappa shape index (κ1) is 15.3. The molecule has 0 spiro atoms. The number of rotatable bonds is 3. The fraction of sp³-hybridized carbons (Fsp3) is 0.429. The predicted octanol–water partition coefficient (Wildman–Crippen LogP) is 3.48. The van der Waals surface area contributed by atoms with Crippen LogP contribution in [0.5, 0.6) is 0 Å². The van der Waals surface area contributed by atoms with Gasteiger partial charge in [0, 0.05) is 10.5 Å². The number of carbonyl (C=O) groups excluding carboxylic acids is 1. The minimum Gasteiger partial charge on any atom is -0.481 e. The number of aliphatic carboxylic acids is 1. The van der Waals surface area contributed by atoms with E-state index in [1.165, 1.54) is 0 Å². The normalized spacial score (nSPS) is 22.3. The second-order valence-electron chi connectivity index (χ2n) is 4.98. The molecule has 108 valence electrons. The maximum atomic E-state index is 12.2. The van der Waals surface area contributed by atoms with Gasteiger partial charge < -0.3 is 10.4 Å². The van der Waals surface area contributed by atoms with Gasteiger partial charge in [0.15, 0.2) is 0 Å². The van der Waals surface area contributed by atoms with Gasteiger partial charge in [-0.25, -0.2) is 0 Å². The van der Waals surface area contributed by atoms with Crippen LogP contribution in [0.25, 0.3) is 0 Å². The van der Waals surface area contributed by atoms with Gasteiger partial charge in [0.1, 0.15) is 0 Å². The van der Waals surface area contributed by atoms with Crippen LogP contribution >= 0.6 is 27.5 Å². The maximum Gasteiger partial charge on any atom is 0.306 e. The Bertz CT molecular complexity index is 527. The van der Waals surface area contributed by atoms with E-state index in [1.54, 1.807) is 18.2 Å². The van der Waals surface area contributed by atoms with Gasteiger partial charge in [0.2, 0.25) is 0 Å². The zero-order valence-corrected chi connectivity index (χ0v) is 13.1. The van der Waals surface area contributed by atoms with E-state index in [1.807, 2.05) is 0 Å². The Hall–Kier alpha value is -1.07. The molecular formula is C14H15BrClNO3. The average molecular weight is 361 g/mol. The fourth-order valence-corrected chi connectivity index (χ4v) is 2.98. The van der Waals surface area contributed by atoms with Crippen LogP contribution in [0.3, 0.4) is 0 Å². The number of carboxylic acid groups (broad SMARTS) is 1. The summed E-state index contributed by atoms with van der Waals surface area (Å²) in [6.07, 6.45) is 2.58. The van der Waals surface area contributed by atoms with E-state index >= 15 is 0 Å². The van der Waals surface area contributed by atoms with Crippen molar-refractivity contribution in [2.75, 3.05) is 0 Å². The standard InChI is InChI=1S/C14H15BrClNO3/c15-9-3-6-12(16)11(7-9)13(18)17-10-4-1-8(2-5-10)14(19)20/h3,6-8,10H,1-2,4-5H2,(H,17,18)(H,19,20). The number of nitrogens with one attached hydrogen (secondary N) is 1. The van der Waals surface area contributed by atoms with Crippen LogP contribution < -0.4 is 5.32 Å². The Kier molecular flexibility index (Phi) is 5.05. The molecule has 1 aromatic carbocycles. The van der Waals surface area contributed by atoms with Crippen molar-refractivity contribution in [2.24, 2.45) is 5.92 Å². The third kappa shape index (κ3) is 3.73. The predicted molar refractivity (Wildman–Crippen MR) is 80.0 cm³/mol. The van der Waals surface area contributed by atoms with E-state index in [-0.39, 0.29) is 17.9 Å². The topological polar surface area (TPSA) is 66.4 Å². The van der Waals surface area contributed by atoms with Crippen molar-refractivity contribution >= 4 is 39.4 Å². The molecule has 1 saturated carbocycles. The summed E-state index contributed by atoms with van der Waals surface area (Å²) in [6, 6.07) is 5.15. The molecule has 0 unspecified atom stereocenters. The fourth-order valence-electron chi connectivity index (χ4n) is 2.42. The number of carboxylic acids is 1. The first-order valence-corrected chi connectivity index (χ1v) is 7.63. The maximum absolute atomic E-state index is 12.2. The smallest absolute Gasteiger partial charge is 0.306 e. The van der Waals surface area contributed by atoms with Gasteiger partial charge in [-0.2, -0.15) is 0 Å². The molecule has 0 radical (unpaired) electrons. The molecule has 6 heteroatoms. The Balaban J connectivity index is 1.96. The van der Waals surface area contributed by atoms with Crippen molar-refractivity contribution in [2.45, 2.75) is 31.7 Å². The molecule has 20 heavy (non-hydrogen) atoms. The van der Waals surface area contributed by atoms with Gasteiger partial charge in [0.05, 0.1) is 16.5 Å². The lowest BCUT2D eigenvalue weighted by Gasteiger charge is -2.27. The molecule has 2 rings (SSSR count). The largest absolute Gasteiger partial charge is 0.481 e. The van der Waals surface area contributed by atoms with Crippen LogP contribution in [-0.2, 0) is 4.79 Å². The third-order valence-corrected chi connectivity index (χ3v) is 4.41. The molecule has 4 nitrogen and oxygen atoms in total. The van der Waals surface area contributed by atoms with E-state index in [4.69, 9.17) is 16.7 Å². The van der Waals surface area contributed by atoms with E-state index in [0.29, 0.717) is 36.3 Å². The van der Waals surface area contributed by atoms with E-state index < -0.39 is 5.97 Å². The van der Waals surface area contributed by atoms with E-state index in [2.05, 4.69) is 21.2 Å². The molecule has 0 bridgehead atoms. The van der Waals surface area contributed by atoms with Crippen molar-refractivity contribution in [3.05, 3.63) is 33.3 Å². The molecule has 0 aromatic heterocycles. The van der Waals surface area contributed by atoms with Crippen LogP contribution in [0, 0.1) is 5.92 Å². The Labute approximate surface area is 130 Å². The first-order chi connectivity index (χ1) is 9.47. The van der Waals surface area contributed by atoms with Gasteiger partial charge in [-0.1, -0.05) is 27.5 Å². The summed E-state index contributed by atoms with van der Waals surface area (Å²) in [5, 5.41) is 12.3. The van der Waals surface area contributed by atoms with Gasteiger partial charge in [-0.15, -0.1) is 0 Å². The van der Waals surface area contributed by atoms with Crippen LogP contribution in [0.15, 0.2) is 22.7 Å². The van der Waals surface area contributed by atoms with Crippen molar-refractivity contribution in [3.63, 3.8) is 0 Å². The summed E-state index contributed by atoms with van der Waals surface area (Å²) in [4.78, 5) is 23.0. The summed E-state index contributed by atoms with van der Waals surface area (Å²) in [5.41, 5.74) is 0.432. The summed E-state index contributed by atoms with van der Waals surface area (Å²) in [7, 11) is 0. The molecular weight excluding hydrogens is 346 g/mol. The molecule has 2 N–H and O–H groups in total. The van der Waals surface area contributed by atoms with Crippen LogP contribution in [0.1, 0.15) is 36.0 Å². The van der Waals surface area contributed by atoms with Gasteiger partial charge >= 0.3 is 5.97 Å². The molecule has 1 aliphatic rings. The highest BCUT2D eigenvalue weighted by atomic mass is 79.9. The SMILES string of the molecule is O=C(NC1CCC(C(=O)O)CC1)c1cc(Br)ccc1Cl. The third-order valence-electron chi connectivity index (χ3n) is 3.58. The van der Waals surface area contributed by atoms with Gasteiger partial charge in [-0.3, -0.25) is 9.59 Å². The number of carbonyl (C=O) groups is 2. The lowest BCUT2D eigenvalue weighted by Crippen LogP contribution is -2.38. The lowest BCUT2D eigenvalue weighted by molar-refractivity contribution is -0.142. The van der Waals surface area contributed by atoms with Crippen molar-refractivity contribution < 1.29 is 14.7 Å². The van der Waals surface area contributed by atoms with Crippen LogP contribution in [0.2, 0.25) is 5.02 Å². The highest BCUT2D eigenvalue weighted by Crippen LogP contribution is 2.26. The Morgan fingerprint density at radius 3 is 2.50 bits per heavy atom. The number of benzene rings is 1. The number of hydrogen-bond donors (Lipinski definition) is 2. The summed E-state index contributed by atoms with van der Waals surface area (Å²) in [6.45, 7) is 0. The van der Waals surface area contributed by atoms with E-state index in [9.17, 15) is 9.59 Å². The number of amides is 1. The molecule has 0 heterocycles. The zero-order chi connectivity index (χ0) is 14.7. The highest BCUT2D eigenvalue weighted by molar-refractivity contribution is 9.10. The van der Waals surface area contributed by atoms with Crippen molar-refractivity contribution in [1.29, 1.82) is 0 Å². The summed E-state index contributed by atoms with van der Waals surface area (Å²) in [5.74, 6) is -1.24. The minimum atomic E-state index is -0.746. The summed E-state index contributed by atoms with van der Waals surface area (Å²) < 4.78 is 0.793. The van der Waals surface area contributed by atoms with Gasteiger partial charge in [-0.05, 0) is 43.9 Å². The molecule has 1 aromatic rings. The van der Waals surface area contributed by atoms with E-state index in [0.717, 1.165) is 4.47 Å². The van der Waals surface area contributed by atoms with Crippen LogP contribution in [0.4, 0.5) is 0 Å². The molecule has 1 fully saturated rings. The second-order valence-corrected chi connectivity index (χ2v) is 6.31. The Morgan fingerprint density at radius 1 is 1.25 bits per heavy atom. The molecule has 1 amide bonds. The number of hydrogen-bond acceptors (Lipinski definition) is 2. The quantitative estimate of drug-likeness (QED) is 0.867. The summed E-state index contributed by atoms with van der Waals surface area (Å²) >= 11 is 9.32.